The quantitative estimate of drug-likeness (QED) is 0.786. The third kappa shape index (κ3) is 3.65. The first kappa shape index (κ1) is 14.4. The largest absolute Gasteiger partial charge is 0.395 e. The van der Waals surface area contributed by atoms with Gasteiger partial charge in [-0.15, -0.1) is 0 Å². The third-order valence-corrected chi connectivity index (χ3v) is 4.26. The number of halogens is 1. The second kappa shape index (κ2) is 6.32. The first-order chi connectivity index (χ1) is 8.02. The molecule has 0 aliphatic carbocycles. The summed E-state index contributed by atoms with van der Waals surface area (Å²) in [6.07, 6.45) is 0. The lowest BCUT2D eigenvalue weighted by molar-refractivity contribution is 0.217. The van der Waals surface area contributed by atoms with Gasteiger partial charge in [0, 0.05) is 18.1 Å². The molecule has 2 N–H and O–H groups in total. The molecule has 5 nitrogen and oxygen atoms in total. The van der Waals surface area contributed by atoms with Crippen molar-refractivity contribution >= 4 is 21.6 Å². The van der Waals surface area contributed by atoms with E-state index in [9.17, 15) is 8.42 Å². The molecule has 0 saturated carbocycles. The molecule has 0 spiro atoms. The summed E-state index contributed by atoms with van der Waals surface area (Å²) in [7, 11) is -3.72. The van der Waals surface area contributed by atoms with Crippen LogP contribution in [0.5, 0.6) is 0 Å². The Labute approximate surface area is 105 Å². The van der Waals surface area contributed by atoms with Gasteiger partial charge in [-0.2, -0.15) is 4.31 Å². The average Bonchev–Trinajstić information content (AvgIpc) is 2.29. The molecule has 0 fully saturated rings. The molecule has 1 rings (SSSR count). The Hall–Kier alpha value is -0.660. The van der Waals surface area contributed by atoms with Crippen LogP contribution in [0, 0.1) is 0 Å². The molecule has 0 atom stereocenters. The van der Waals surface area contributed by atoms with Gasteiger partial charge in [0.2, 0.25) is 10.0 Å². The van der Waals surface area contributed by atoms with Gasteiger partial charge in [-0.05, 0) is 18.2 Å². The van der Waals surface area contributed by atoms with Crippen LogP contribution in [0.2, 0.25) is 5.02 Å². The zero-order valence-electron chi connectivity index (χ0n) is 9.08. The number of hydrogen-bond donors (Lipinski definition) is 2. The van der Waals surface area contributed by atoms with Crippen LogP contribution >= 0.6 is 11.6 Å². The Morgan fingerprint density at radius 3 is 2.24 bits per heavy atom. The summed E-state index contributed by atoms with van der Waals surface area (Å²) in [6, 6.07) is 5.86. The Morgan fingerprint density at radius 1 is 1.18 bits per heavy atom. The molecule has 0 heterocycles. The Bertz CT molecular complexity index is 457. The lowest BCUT2D eigenvalue weighted by atomic mass is 10.4. The molecule has 0 amide bonds. The van der Waals surface area contributed by atoms with E-state index < -0.39 is 10.0 Å². The molecule has 0 aromatic heterocycles. The molecule has 0 unspecified atom stereocenters. The van der Waals surface area contributed by atoms with Crippen LogP contribution in [0.1, 0.15) is 0 Å². The zero-order chi connectivity index (χ0) is 12.9. The van der Waals surface area contributed by atoms with Crippen LogP contribution in [0.3, 0.4) is 0 Å². The van der Waals surface area contributed by atoms with Crippen molar-refractivity contribution in [3.05, 3.63) is 29.3 Å². The van der Waals surface area contributed by atoms with Gasteiger partial charge in [0.05, 0.1) is 18.1 Å². The van der Waals surface area contributed by atoms with E-state index in [4.69, 9.17) is 21.8 Å². The number of hydrogen-bond acceptors (Lipinski definition) is 4. The minimum Gasteiger partial charge on any atom is -0.395 e. The monoisotopic (exact) mass is 279 g/mol. The van der Waals surface area contributed by atoms with Crippen molar-refractivity contribution in [3.8, 4) is 0 Å². The van der Waals surface area contributed by atoms with Gasteiger partial charge in [-0.1, -0.05) is 17.7 Å². The Kier molecular flexibility index (Phi) is 5.35. The predicted molar refractivity (Wildman–Crippen MR) is 64.4 cm³/mol. The van der Waals surface area contributed by atoms with Crippen LogP contribution in [-0.2, 0) is 10.0 Å². The van der Waals surface area contributed by atoms with Gasteiger partial charge >= 0.3 is 0 Å². The predicted octanol–water partition coefficient (Wildman–Crippen LogP) is 0.315. The fraction of sp³-hybridized carbons (Fsp3) is 0.400. The van der Waals surface area contributed by atoms with E-state index in [1.54, 1.807) is 6.07 Å². The van der Waals surface area contributed by atoms with Crippen molar-refractivity contribution in [1.29, 1.82) is 0 Å². The highest BCUT2D eigenvalue weighted by Gasteiger charge is 2.23. The standard InChI is InChI=1S/C10H14ClNO4S/c11-9-2-1-3-10(8-9)17(15,16)12(4-6-13)5-7-14/h1-3,8,13-14H,4-7H2. The average molecular weight is 280 g/mol. The number of benzene rings is 1. The van der Waals surface area contributed by atoms with E-state index in [1.807, 2.05) is 0 Å². The van der Waals surface area contributed by atoms with Gasteiger partial charge in [0.1, 0.15) is 0 Å². The number of nitrogens with zero attached hydrogens (tertiary/aromatic N) is 1. The van der Waals surface area contributed by atoms with Crippen LogP contribution in [0.15, 0.2) is 29.2 Å². The molecule has 0 aliphatic heterocycles. The number of sulfonamides is 1. The first-order valence-electron chi connectivity index (χ1n) is 5.00. The maximum Gasteiger partial charge on any atom is 0.243 e. The van der Waals surface area contributed by atoms with Crippen LogP contribution in [0.4, 0.5) is 0 Å². The van der Waals surface area contributed by atoms with Crippen molar-refractivity contribution in [2.24, 2.45) is 0 Å². The molecule has 1 aromatic rings. The van der Waals surface area contributed by atoms with Gasteiger partial charge in [-0.25, -0.2) is 8.42 Å². The van der Waals surface area contributed by atoms with Crippen LogP contribution in [-0.4, -0.2) is 49.2 Å². The molecule has 0 saturated heterocycles. The minimum atomic E-state index is -3.72. The van der Waals surface area contributed by atoms with Gasteiger partial charge in [-0.3, -0.25) is 0 Å². The molecule has 1 aromatic carbocycles. The maximum absolute atomic E-state index is 12.1. The summed E-state index contributed by atoms with van der Waals surface area (Å²) in [5, 5.41) is 17.9. The van der Waals surface area contributed by atoms with E-state index in [-0.39, 0.29) is 31.2 Å². The molecule has 96 valence electrons. The number of rotatable bonds is 6. The van der Waals surface area contributed by atoms with E-state index >= 15 is 0 Å². The fourth-order valence-corrected chi connectivity index (χ4v) is 3.08. The summed E-state index contributed by atoms with van der Waals surface area (Å²) in [4.78, 5) is 0.0481. The highest BCUT2D eigenvalue weighted by atomic mass is 35.5. The summed E-state index contributed by atoms with van der Waals surface area (Å²) >= 11 is 5.73. The summed E-state index contributed by atoms with van der Waals surface area (Å²) < 4.78 is 25.2. The van der Waals surface area contributed by atoms with Gasteiger partial charge in [0.15, 0.2) is 0 Å². The second-order valence-corrected chi connectivity index (χ2v) is 5.68. The highest BCUT2D eigenvalue weighted by Crippen LogP contribution is 2.19. The smallest absolute Gasteiger partial charge is 0.243 e. The fourth-order valence-electron chi connectivity index (χ4n) is 1.35. The maximum atomic E-state index is 12.1. The molecule has 0 aliphatic rings. The molecule has 0 bridgehead atoms. The summed E-state index contributed by atoms with van der Waals surface area (Å²) in [5.41, 5.74) is 0. The SMILES string of the molecule is O=S(=O)(c1cccc(Cl)c1)N(CCO)CCO. The van der Waals surface area contributed by atoms with Gasteiger partial charge in [0.25, 0.3) is 0 Å². The van der Waals surface area contributed by atoms with Crippen molar-refractivity contribution in [3.63, 3.8) is 0 Å². The van der Waals surface area contributed by atoms with Crippen LogP contribution < -0.4 is 0 Å². The molecular formula is C10H14ClNO4S. The molecule has 7 heteroatoms. The first-order valence-corrected chi connectivity index (χ1v) is 6.81. The van der Waals surface area contributed by atoms with E-state index in [0.717, 1.165) is 4.31 Å². The van der Waals surface area contributed by atoms with Crippen molar-refractivity contribution < 1.29 is 18.6 Å². The van der Waals surface area contributed by atoms with E-state index in [1.165, 1.54) is 18.2 Å². The lowest BCUT2D eigenvalue weighted by Gasteiger charge is -2.20. The lowest BCUT2D eigenvalue weighted by Crippen LogP contribution is -2.35. The topological polar surface area (TPSA) is 77.8 Å². The Balaban J connectivity index is 3.07. The molecule has 0 radical (unpaired) electrons. The Morgan fingerprint density at radius 2 is 1.76 bits per heavy atom. The third-order valence-electron chi connectivity index (χ3n) is 2.13. The van der Waals surface area contributed by atoms with Gasteiger partial charge < -0.3 is 10.2 Å². The normalized spacial score (nSPS) is 12.0. The van der Waals surface area contributed by atoms with Crippen molar-refractivity contribution in [2.45, 2.75) is 4.90 Å². The number of aliphatic hydroxyl groups is 2. The van der Waals surface area contributed by atoms with Crippen molar-refractivity contribution in [2.75, 3.05) is 26.3 Å². The van der Waals surface area contributed by atoms with E-state index in [0.29, 0.717) is 5.02 Å². The van der Waals surface area contributed by atoms with Crippen LogP contribution in [0.25, 0.3) is 0 Å². The highest BCUT2D eigenvalue weighted by molar-refractivity contribution is 7.89. The van der Waals surface area contributed by atoms with E-state index in [2.05, 4.69) is 0 Å². The summed E-state index contributed by atoms with van der Waals surface area (Å²) in [6.45, 7) is -0.732. The molecule has 17 heavy (non-hydrogen) atoms. The summed E-state index contributed by atoms with van der Waals surface area (Å²) in [5.74, 6) is 0. The molecular weight excluding hydrogens is 266 g/mol. The number of aliphatic hydroxyl groups excluding tert-OH is 2. The second-order valence-electron chi connectivity index (χ2n) is 3.31. The van der Waals surface area contributed by atoms with Crippen molar-refractivity contribution in [1.82, 2.24) is 4.31 Å². The zero-order valence-corrected chi connectivity index (χ0v) is 10.7. The minimum absolute atomic E-state index is 0.0481.